The predicted octanol–water partition coefficient (Wildman–Crippen LogP) is 1.33. The van der Waals surface area contributed by atoms with Crippen molar-refractivity contribution in [1.29, 1.82) is 0 Å². The van der Waals surface area contributed by atoms with E-state index in [1.807, 2.05) is 0 Å². The van der Waals surface area contributed by atoms with Crippen LogP contribution in [0.25, 0.3) is 0 Å². The zero-order valence-electron chi connectivity index (χ0n) is 11.4. The molecule has 6 nitrogen and oxygen atoms in total. The summed E-state index contributed by atoms with van der Waals surface area (Å²) >= 11 is 0. The molecule has 0 aromatic heterocycles. The van der Waals surface area contributed by atoms with Gasteiger partial charge in [-0.05, 0) is 18.2 Å². The van der Waals surface area contributed by atoms with Gasteiger partial charge in [-0.3, -0.25) is 9.59 Å². The molecule has 0 aliphatic carbocycles. The van der Waals surface area contributed by atoms with Crippen LogP contribution in [0.1, 0.15) is 23.7 Å². The second-order valence-electron chi connectivity index (χ2n) is 4.79. The number of terminal acetylenes is 1. The fourth-order valence-corrected chi connectivity index (χ4v) is 2.28. The van der Waals surface area contributed by atoms with E-state index in [1.54, 1.807) is 6.07 Å². The smallest absolute Gasteiger partial charge is 0.337 e. The van der Waals surface area contributed by atoms with Crippen molar-refractivity contribution >= 4 is 29.2 Å². The summed E-state index contributed by atoms with van der Waals surface area (Å²) in [6.07, 6.45) is 5.53. The van der Waals surface area contributed by atoms with Crippen LogP contribution in [0.5, 0.6) is 0 Å². The van der Waals surface area contributed by atoms with Gasteiger partial charge in [0.2, 0.25) is 11.8 Å². The van der Waals surface area contributed by atoms with Crippen LogP contribution in [-0.4, -0.2) is 29.4 Å². The van der Waals surface area contributed by atoms with E-state index >= 15 is 0 Å². The molecule has 108 valence electrons. The number of carboxylic acids is 1. The number of anilines is 2. The summed E-state index contributed by atoms with van der Waals surface area (Å²) in [7, 11) is 0. The molecule has 1 fully saturated rings. The first-order valence-electron chi connectivity index (χ1n) is 6.33. The van der Waals surface area contributed by atoms with Crippen LogP contribution >= 0.6 is 0 Å². The van der Waals surface area contributed by atoms with Crippen molar-refractivity contribution < 1.29 is 19.5 Å². The molecule has 6 heteroatoms. The highest BCUT2D eigenvalue weighted by Gasteiger charge is 2.31. The maximum absolute atomic E-state index is 11.9. The van der Waals surface area contributed by atoms with Crippen LogP contribution in [0.3, 0.4) is 0 Å². The Hall–Kier alpha value is -2.81. The number of nitrogens with zero attached hydrogens (tertiary/aromatic N) is 1. The molecule has 21 heavy (non-hydrogen) atoms. The summed E-state index contributed by atoms with van der Waals surface area (Å²) in [6.45, 7) is 1.63. The first-order valence-corrected chi connectivity index (χ1v) is 6.33. The Morgan fingerprint density at radius 2 is 2.19 bits per heavy atom. The number of nitrogens with one attached hydrogen (secondary N) is 1. The zero-order valence-corrected chi connectivity index (χ0v) is 11.4. The van der Waals surface area contributed by atoms with Gasteiger partial charge in [0, 0.05) is 31.5 Å². The van der Waals surface area contributed by atoms with Crippen molar-refractivity contribution in [1.82, 2.24) is 0 Å². The third-order valence-corrected chi connectivity index (χ3v) is 3.20. The van der Waals surface area contributed by atoms with Gasteiger partial charge in [0.25, 0.3) is 0 Å². The Balaban J connectivity index is 2.40. The van der Waals surface area contributed by atoms with Gasteiger partial charge in [0.15, 0.2) is 0 Å². The number of hydrogen-bond donors (Lipinski definition) is 2. The molecule has 1 aromatic rings. The highest BCUT2D eigenvalue weighted by Crippen LogP contribution is 2.30. The van der Waals surface area contributed by atoms with Crippen LogP contribution < -0.4 is 10.2 Å². The molecule has 2 amide bonds. The lowest BCUT2D eigenvalue weighted by atomic mass is 10.1. The number of aromatic carboxylic acids is 1. The average Bonchev–Trinajstić information content (AvgIpc) is 2.79. The predicted molar refractivity (Wildman–Crippen MR) is 77.0 cm³/mol. The van der Waals surface area contributed by atoms with Gasteiger partial charge in [-0.25, -0.2) is 4.79 Å². The van der Waals surface area contributed by atoms with Crippen molar-refractivity contribution in [2.75, 3.05) is 16.8 Å². The van der Waals surface area contributed by atoms with Gasteiger partial charge in [0.1, 0.15) is 0 Å². The molecular weight excluding hydrogens is 272 g/mol. The average molecular weight is 286 g/mol. The highest BCUT2D eigenvalue weighted by molar-refractivity contribution is 6.04. The maximum Gasteiger partial charge on any atom is 0.337 e. The van der Waals surface area contributed by atoms with Gasteiger partial charge >= 0.3 is 5.97 Å². The lowest BCUT2D eigenvalue weighted by molar-refractivity contribution is -0.117. The van der Waals surface area contributed by atoms with Crippen LogP contribution in [-0.2, 0) is 9.59 Å². The number of carbonyl (C=O) groups excluding carboxylic acids is 2. The maximum atomic E-state index is 11.9. The van der Waals surface area contributed by atoms with Gasteiger partial charge < -0.3 is 15.3 Å². The number of carbonyl (C=O) groups is 3. The Kier molecular flexibility index (Phi) is 3.94. The van der Waals surface area contributed by atoms with Crippen LogP contribution in [0.4, 0.5) is 11.4 Å². The first-order chi connectivity index (χ1) is 9.92. The fraction of sp³-hybridized carbons (Fsp3) is 0.267. The highest BCUT2D eigenvalue weighted by atomic mass is 16.4. The standard InChI is InChI=1S/C15H14N2O4/c1-3-10-6-14(19)17(8-10)13-5-4-11(16-9(2)18)7-12(13)15(20)21/h1,4-5,7,10H,6,8H2,2H3,(H,16,18)(H,20,21). The molecule has 1 atom stereocenters. The largest absolute Gasteiger partial charge is 0.478 e. The Bertz CT molecular complexity index is 660. The molecule has 0 radical (unpaired) electrons. The fourth-order valence-electron chi connectivity index (χ4n) is 2.28. The Morgan fingerprint density at radius 3 is 2.71 bits per heavy atom. The van der Waals surface area contributed by atoms with Crippen molar-refractivity contribution in [3.05, 3.63) is 23.8 Å². The topological polar surface area (TPSA) is 86.7 Å². The van der Waals surface area contributed by atoms with Gasteiger partial charge in [-0.2, -0.15) is 0 Å². The summed E-state index contributed by atoms with van der Waals surface area (Å²) in [4.78, 5) is 35.7. The van der Waals surface area contributed by atoms with E-state index in [2.05, 4.69) is 11.2 Å². The van der Waals surface area contributed by atoms with E-state index < -0.39 is 5.97 Å². The summed E-state index contributed by atoms with van der Waals surface area (Å²) in [5.74, 6) is 0.624. The summed E-state index contributed by atoms with van der Waals surface area (Å²) in [5, 5.41) is 11.8. The van der Waals surface area contributed by atoms with Crippen LogP contribution in [0.2, 0.25) is 0 Å². The Labute approximate surface area is 121 Å². The van der Waals surface area contributed by atoms with Gasteiger partial charge in [-0.15, -0.1) is 12.3 Å². The van der Waals surface area contributed by atoms with Gasteiger partial charge in [0.05, 0.1) is 11.3 Å². The van der Waals surface area contributed by atoms with Crippen molar-refractivity contribution in [2.45, 2.75) is 13.3 Å². The van der Waals surface area contributed by atoms with E-state index in [4.69, 9.17) is 6.42 Å². The molecule has 2 N–H and O–H groups in total. The molecule has 1 aliphatic heterocycles. The molecule has 2 rings (SSSR count). The number of hydrogen-bond acceptors (Lipinski definition) is 3. The molecule has 0 bridgehead atoms. The van der Waals surface area contributed by atoms with Crippen molar-refractivity contribution in [3.63, 3.8) is 0 Å². The molecule has 1 saturated heterocycles. The SMILES string of the molecule is C#CC1CC(=O)N(c2ccc(NC(C)=O)cc2C(=O)O)C1. The molecule has 1 aliphatic rings. The number of rotatable bonds is 3. The molecule has 1 heterocycles. The number of amides is 2. The van der Waals surface area contributed by atoms with E-state index in [1.165, 1.54) is 24.0 Å². The van der Waals surface area contributed by atoms with E-state index in [9.17, 15) is 19.5 Å². The molecule has 0 saturated carbocycles. The lowest BCUT2D eigenvalue weighted by Crippen LogP contribution is -2.26. The monoisotopic (exact) mass is 286 g/mol. The quantitative estimate of drug-likeness (QED) is 0.821. The zero-order chi connectivity index (χ0) is 15.6. The number of benzene rings is 1. The second kappa shape index (κ2) is 5.67. The Morgan fingerprint density at radius 1 is 1.48 bits per heavy atom. The van der Waals surface area contributed by atoms with Gasteiger partial charge in [-0.1, -0.05) is 0 Å². The van der Waals surface area contributed by atoms with Crippen LogP contribution in [0, 0.1) is 18.3 Å². The van der Waals surface area contributed by atoms with Crippen LogP contribution in [0.15, 0.2) is 18.2 Å². The van der Waals surface area contributed by atoms with E-state index in [0.29, 0.717) is 17.9 Å². The summed E-state index contributed by atoms with van der Waals surface area (Å²) in [6, 6.07) is 4.39. The summed E-state index contributed by atoms with van der Waals surface area (Å²) < 4.78 is 0. The summed E-state index contributed by atoms with van der Waals surface area (Å²) in [5.41, 5.74) is 0.607. The minimum absolute atomic E-state index is 0.0488. The van der Waals surface area contributed by atoms with E-state index in [-0.39, 0.29) is 29.7 Å². The third-order valence-electron chi connectivity index (χ3n) is 3.20. The van der Waals surface area contributed by atoms with Crippen molar-refractivity contribution in [2.24, 2.45) is 5.92 Å². The first kappa shape index (κ1) is 14.6. The lowest BCUT2D eigenvalue weighted by Gasteiger charge is -2.19. The molecule has 0 spiro atoms. The third kappa shape index (κ3) is 3.03. The molecule has 1 aromatic carbocycles. The number of carboxylic acid groups (broad SMARTS) is 1. The molecule has 1 unspecified atom stereocenters. The molecular formula is C15H14N2O4. The second-order valence-corrected chi connectivity index (χ2v) is 4.79. The van der Waals surface area contributed by atoms with Crippen molar-refractivity contribution in [3.8, 4) is 12.3 Å². The van der Waals surface area contributed by atoms with E-state index in [0.717, 1.165) is 0 Å². The minimum Gasteiger partial charge on any atom is -0.478 e. The normalized spacial score (nSPS) is 17.4. The minimum atomic E-state index is -1.17.